The number of carbonyl (C=O) groups is 1. The van der Waals surface area contributed by atoms with E-state index in [0.29, 0.717) is 11.5 Å². The van der Waals surface area contributed by atoms with Gasteiger partial charge in [-0.05, 0) is 41.9 Å². The molecule has 0 radical (unpaired) electrons. The van der Waals surface area contributed by atoms with E-state index in [1.54, 1.807) is 12.1 Å². The molecule has 0 bridgehead atoms. The molecular formula is C22H20Cl3N3O3S. The summed E-state index contributed by atoms with van der Waals surface area (Å²) < 4.78 is 8.53. The summed E-state index contributed by atoms with van der Waals surface area (Å²) in [5.74, 6) is 0.384. The number of anilines is 1. The van der Waals surface area contributed by atoms with Crippen LogP contribution >= 0.6 is 47.0 Å². The van der Waals surface area contributed by atoms with E-state index >= 15 is 0 Å². The second-order valence-corrected chi connectivity index (χ2v) is 9.42. The maximum absolute atomic E-state index is 12.8. The van der Waals surface area contributed by atoms with E-state index in [1.807, 2.05) is 42.5 Å². The van der Waals surface area contributed by atoms with Crippen LogP contribution in [0.5, 0.6) is 11.5 Å². The van der Waals surface area contributed by atoms with E-state index in [1.165, 1.54) is 20.3 Å². The van der Waals surface area contributed by atoms with Gasteiger partial charge in [0.1, 0.15) is 6.17 Å². The molecule has 1 amide bonds. The van der Waals surface area contributed by atoms with Gasteiger partial charge in [-0.15, -0.1) is 0 Å². The second-order valence-electron chi connectivity index (χ2n) is 6.64. The highest BCUT2D eigenvalue weighted by molar-refractivity contribution is 7.80. The van der Waals surface area contributed by atoms with E-state index in [0.717, 1.165) is 16.5 Å². The average molecular weight is 513 g/mol. The van der Waals surface area contributed by atoms with Gasteiger partial charge in [0.15, 0.2) is 16.6 Å². The third-order valence-electron chi connectivity index (χ3n) is 4.56. The Kier molecular flexibility index (Phi) is 7.90. The molecule has 3 aromatic carbocycles. The predicted octanol–water partition coefficient (Wildman–Crippen LogP) is 5.27. The predicted molar refractivity (Wildman–Crippen MR) is 134 cm³/mol. The Labute approximate surface area is 206 Å². The number of hydrogen-bond acceptors (Lipinski definition) is 4. The SMILES string of the molecule is COc1ccc(C(=O)N[C@H](NC(=S)Nc2cccc3ccccc23)C(Cl)(Cl)Cl)cc1OC. The molecule has 168 valence electrons. The normalized spacial score (nSPS) is 12.0. The van der Waals surface area contributed by atoms with Crippen molar-refractivity contribution in [1.82, 2.24) is 10.6 Å². The summed E-state index contributed by atoms with van der Waals surface area (Å²) >= 11 is 23.7. The van der Waals surface area contributed by atoms with E-state index in [9.17, 15) is 4.79 Å². The van der Waals surface area contributed by atoms with Gasteiger partial charge >= 0.3 is 0 Å². The molecule has 10 heteroatoms. The largest absolute Gasteiger partial charge is 0.493 e. The molecule has 0 saturated carbocycles. The van der Waals surface area contributed by atoms with Crippen LogP contribution < -0.4 is 25.4 Å². The van der Waals surface area contributed by atoms with Gasteiger partial charge < -0.3 is 25.4 Å². The third-order valence-corrected chi connectivity index (χ3v) is 5.44. The number of rotatable bonds is 6. The molecule has 3 N–H and O–H groups in total. The lowest BCUT2D eigenvalue weighted by Crippen LogP contribution is -2.56. The Bertz CT molecular complexity index is 1130. The lowest BCUT2D eigenvalue weighted by atomic mass is 10.1. The molecule has 0 aromatic heterocycles. The lowest BCUT2D eigenvalue weighted by Gasteiger charge is -2.28. The molecule has 0 unspecified atom stereocenters. The number of thiocarbonyl (C=S) groups is 1. The summed E-state index contributed by atoms with van der Waals surface area (Å²) in [6, 6.07) is 18.3. The summed E-state index contributed by atoms with van der Waals surface area (Å²) in [7, 11) is 2.98. The summed E-state index contributed by atoms with van der Waals surface area (Å²) in [4.78, 5) is 12.8. The first-order chi connectivity index (χ1) is 15.2. The minimum Gasteiger partial charge on any atom is -0.493 e. The first-order valence-electron chi connectivity index (χ1n) is 9.38. The highest BCUT2D eigenvalue weighted by Crippen LogP contribution is 2.31. The Morgan fingerprint density at radius 3 is 2.31 bits per heavy atom. The van der Waals surface area contributed by atoms with E-state index < -0.39 is 15.9 Å². The molecule has 32 heavy (non-hydrogen) atoms. The van der Waals surface area contributed by atoms with Gasteiger partial charge in [0.25, 0.3) is 5.91 Å². The number of carbonyl (C=O) groups excluding carboxylic acids is 1. The van der Waals surface area contributed by atoms with Crippen LogP contribution in [0.1, 0.15) is 10.4 Å². The summed E-state index contributed by atoms with van der Waals surface area (Å²) in [5, 5.41) is 10.8. The molecular weight excluding hydrogens is 493 g/mol. The highest BCUT2D eigenvalue weighted by atomic mass is 35.6. The second kappa shape index (κ2) is 10.4. The van der Waals surface area contributed by atoms with E-state index in [-0.39, 0.29) is 10.7 Å². The van der Waals surface area contributed by atoms with Crippen LogP contribution in [-0.4, -0.2) is 35.2 Å². The lowest BCUT2D eigenvalue weighted by molar-refractivity contribution is 0.0934. The number of methoxy groups -OCH3 is 2. The minimum absolute atomic E-state index is 0.172. The number of nitrogens with one attached hydrogen (secondary N) is 3. The number of ether oxygens (including phenoxy) is 2. The van der Waals surface area contributed by atoms with Crippen LogP contribution in [0.15, 0.2) is 60.7 Å². The Balaban J connectivity index is 1.75. The zero-order chi connectivity index (χ0) is 23.3. The van der Waals surface area contributed by atoms with Crippen LogP contribution in [0.2, 0.25) is 0 Å². The fourth-order valence-electron chi connectivity index (χ4n) is 3.02. The van der Waals surface area contributed by atoms with Crippen molar-refractivity contribution in [2.24, 2.45) is 0 Å². The van der Waals surface area contributed by atoms with Gasteiger partial charge in [-0.25, -0.2) is 0 Å². The van der Waals surface area contributed by atoms with Crippen LogP contribution in [-0.2, 0) is 0 Å². The summed E-state index contributed by atoms with van der Waals surface area (Å²) in [6.45, 7) is 0. The van der Waals surface area contributed by atoms with Crippen molar-refractivity contribution >= 4 is 74.5 Å². The minimum atomic E-state index is -1.89. The van der Waals surface area contributed by atoms with Crippen molar-refractivity contribution in [2.75, 3.05) is 19.5 Å². The number of benzene rings is 3. The zero-order valence-corrected chi connectivity index (χ0v) is 20.2. The fraction of sp³-hybridized carbons (Fsp3) is 0.182. The van der Waals surface area contributed by atoms with E-state index in [2.05, 4.69) is 16.0 Å². The van der Waals surface area contributed by atoms with Crippen molar-refractivity contribution < 1.29 is 14.3 Å². The Hall–Kier alpha value is -2.45. The number of alkyl halides is 3. The molecule has 0 aliphatic heterocycles. The highest BCUT2D eigenvalue weighted by Gasteiger charge is 2.35. The molecule has 1 atom stereocenters. The molecule has 0 fully saturated rings. The molecule has 0 aliphatic rings. The topological polar surface area (TPSA) is 71.6 Å². The van der Waals surface area contributed by atoms with Crippen molar-refractivity contribution in [3.63, 3.8) is 0 Å². The molecule has 0 spiro atoms. The number of hydrogen-bond donors (Lipinski definition) is 3. The number of amides is 1. The average Bonchev–Trinajstić information content (AvgIpc) is 2.77. The quantitative estimate of drug-likeness (QED) is 0.237. The van der Waals surface area contributed by atoms with Gasteiger partial charge in [0.05, 0.1) is 14.2 Å². The molecule has 3 aromatic rings. The van der Waals surface area contributed by atoms with Crippen molar-refractivity contribution in [3.8, 4) is 11.5 Å². The molecule has 6 nitrogen and oxygen atoms in total. The van der Waals surface area contributed by atoms with Crippen LogP contribution in [0.3, 0.4) is 0 Å². The molecule has 0 aliphatic carbocycles. The van der Waals surface area contributed by atoms with Crippen LogP contribution in [0, 0.1) is 0 Å². The smallest absolute Gasteiger partial charge is 0.253 e. The maximum Gasteiger partial charge on any atom is 0.253 e. The summed E-state index contributed by atoms with van der Waals surface area (Å²) in [5.41, 5.74) is 1.06. The van der Waals surface area contributed by atoms with Gasteiger partial charge in [0.2, 0.25) is 3.79 Å². The van der Waals surface area contributed by atoms with Gasteiger partial charge in [-0.1, -0.05) is 71.2 Å². The Morgan fingerprint density at radius 2 is 1.62 bits per heavy atom. The first-order valence-corrected chi connectivity index (χ1v) is 10.9. The van der Waals surface area contributed by atoms with Gasteiger partial charge in [-0.2, -0.15) is 0 Å². The molecule has 3 rings (SSSR count). The van der Waals surface area contributed by atoms with Crippen LogP contribution in [0.25, 0.3) is 10.8 Å². The van der Waals surface area contributed by atoms with Gasteiger partial charge in [0, 0.05) is 16.6 Å². The summed E-state index contributed by atoms with van der Waals surface area (Å²) in [6.07, 6.45) is -1.12. The standard InChI is InChI=1S/C22H20Cl3N3O3S/c1-30-17-11-10-14(12-18(17)31-2)19(29)27-20(22(23,24)25)28-21(32)26-16-9-5-7-13-6-3-4-8-15(13)16/h3-12,20H,1-2H3,(H,27,29)(H2,26,28,32)/t20-/m1/s1. The number of fused-ring (bicyclic) bond motifs is 1. The first kappa shape index (κ1) is 24.2. The molecule has 0 heterocycles. The van der Waals surface area contributed by atoms with Crippen LogP contribution in [0.4, 0.5) is 5.69 Å². The number of halogens is 3. The van der Waals surface area contributed by atoms with Crippen molar-refractivity contribution in [3.05, 3.63) is 66.2 Å². The van der Waals surface area contributed by atoms with Crippen molar-refractivity contribution in [1.29, 1.82) is 0 Å². The third kappa shape index (κ3) is 5.86. The monoisotopic (exact) mass is 511 g/mol. The molecule has 0 saturated heterocycles. The van der Waals surface area contributed by atoms with E-state index in [4.69, 9.17) is 56.5 Å². The van der Waals surface area contributed by atoms with Gasteiger partial charge in [-0.3, -0.25) is 4.79 Å². The zero-order valence-electron chi connectivity index (χ0n) is 17.1. The fourth-order valence-corrected chi connectivity index (χ4v) is 3.57. The Morgan fingerprint density at radius 1 is 0.938 bits per heavy atom. The van der Waals surface area contributed by atoms with Crippen molar-refractivity contribution in [2.45, 2.75) is 9.96 Å². The maximum atomic E-state index is 12.8.